The van der Waals surface area contributed by atoms with Crippen molar-refractivity contribution in [2.24, 2.45) is 5.73 Å². The van der Waals surface area contributed by atoms with E-state index in [0.717, 1.165) is 31.8 Å². The van der Waals surface area contributed by atoms with Gasteiger partial charge < -0.3 is 5.73 Å². The Morgan fingerprint density at radius 1 is 1.44 bits per heavy atom. The summed E-state index contributed by atoms with van der Waals surface area (Å²) in [6, 6.07) is 1.67. The summed E-state index contributed by atoms with van der Waals surface area (Å²) in [4.78, 5) is 10.2. The summed E-state index contributed by atoms with van der Waals surface area (Å²) in [5.74, 6) is 0. The number of rotatable bonds is 3. The number of nitrogens with two attached hydrogens (primary N) is 1. The summed E-state index contributed by atoms with van der Waals surface area (Å²) in [5, 5.41) is 0.917. The second kappa shape index (κ2) is 5.77. The van der Waals surface area contributed by atoms with Crippen LogP contribution in [0.25, 0.3) is 0 Å². The molecule has 18 heavy (non-hydrogen) atoms. The van der Waals surface area contributed by atoms with Gasteiger partial charge in [0.15, 0.2) is 0 Å². The van der Waals surface area contributed by atoms with Crippen molar-refractivity contribution in [3.63, 3.8) is 0 Å². The van der Waals surface area contributed by atoms with Gasteiger partial charge in [-0.15, -0.1) is 11.3 Å². The topological polar surface area (TPSA) is 51.8 Å². The Balaban J connectivity index is 2.37. The second-order valence-corrected chi connectivity index (χ2v) is 6.91. The van der Waals surface area contributed by atoms with E-state index in [0.29, 0.717) is 0 Å². The molecule has 0 aliphatic carbocycles. The van der Waals surface area contributed by atoms with E-state index in [1.54, 1.807) is 17.5 Å². The van der Waals surface area contributed by atoms with Crippen LogP contribution in [0.5, 0.6) is 0 Å². The first-order valence-corrected chi connectivity index (χ1v) is 7.96. The molecule has 0 aliphatic rings. The average Bonchev–Trinajstić information content (AvgIpc) is 2.70. The molecule has 96 valence electrons. The molecule has 0 aliphatic heterocycles. The highest BCUT2D eigenvalue weighted by molar-refractivity contribution is 9.11. The molecular weight excluding hydrogens is 378 g/mol. The number of hydrogen-bond donors (Lipinski definition) is 1. The van der Waals surface area contributed by atoms with Crippen LogP contribution in [0.3, 0.4) is 0 Å². The van der Waals surface area contributed by atoms with E-state index in [1.165, 1.54) is 4.88 Å². The molecule has 1 unspecified atom stereocenters. The minimum absolute atomic E-state index is 0.281. The average molecular weight is 391 g/mol. The van der Waals surface area contributed by atoms with Crippen molar-refractivity contribution >= 4 is 43.2 Å². The third kappa shape index (κ3) is 2.82. The fourth-order valence-corrected chi connectivity index (χ4v) is 3.93. The van der Waals surface area contributed by atoms with Crippen LogP contribution in [-0.4, -0.2) is 9.97 Å². The zero-order valence-corrected chi connectivity index (χ0v) is 14.1. The Hall–Kier alpha value is -0.300. The summed E-state index contributed by atoms with van der Waals surface area (Å²) >= 11 is 8.52. The first-order chi connectivity index (χ1) is 8.52. The quantitative estimate of drug-likeness (QED) is 0.862. The lowest BCUT2D eigenvalue weighted by Crippen LogP contribution is -2.14. The molecule has 6 heteroatoms. The number of pyridine rings is 1. The molecule has 2 N–H and O–H groups in total. The van der Waals surface area contributed by atoms with Crippen LogP contribution in [0, 0.1) is 6.92 Å². The lowest BCUT2D eigenvalue weighted by atomic mass is 10.2. The molecule has 3 nitrogen and oxygen atoms in total. The highest BCUT2D eigenvalue weighted by Gasteiger charge is 2.19. The summed E-state index contributed by atoms with van der Waals surface area (Å²) in [7, 11) is 0. The molecule has 0 saturated heterocycles. The van der Waals surface area contributed by atoms with Crippen LogP contribution in [0.2, 0.25) is 0 Å². The smallest absolute Gasteiger partial charge is 0.116 e. The van der Waals surface area contributed by atoms with Crippen molar-refractivity contribution < 1.29 is 0 Å². The molecule has 0 bridgehead atoms. The van der Waals surface area contributed by atoms with Gasteiger partial charge in [0.2, 0.25) is 0 Å². The lowest BCUT2D eigenvalue weighted by molar-refractivity contribution is 0.802. The predicted molar refractivity (Wildman–Crippen MR) is 81.9 cm³/mol. The minimum Gasteiger partial charge on any atom is -0.317 e. The van der Waals surface area contributed by atoms with Crippen molar-refractivity contribution in [1.82, 2.24) is 9.97 Å². The van der Waals surface area contributed by atoms with Crippen LogP contribution in [0.1, 0.15) is 34.2 Å². The number of thiazole rings is 1. The van der Waals surface area contributed by atoms with Crippen molar-refractivity contribution in [3.05, 3.63) is 42.5 Å². The molecule has 0 fully saturated rings. The van der Waals surface area contributed by atoms with Gasteiger partial charge in [0.25, 0.3) is 0 Å². The van der Waals surface area contributed by atoms with Crippen molar-refractivity contribution in [2.75, 3.05) is 0 Å². The largest absolute Gasteiger partial charge is 0.317 e. The van der Waals surface area contributed by atoms with Crippen LogP contribution in [0.15, 0.2) is 21.2 Å². The Labute approximate surface area is 127 Å². The Bertz CT molecular complexity index is 568. The van der Waals surface area contributed by atoms with Gasteiger partial charge >= 0.3 is 0 Å². The zero-order chi connectivity index (χ0) is 13.3. The SMILES string of the molecule is CCc1nc(C(N)c2ncc(Br)cc2Br)sc1C. The molecule has 2 rings (SSSR count). The van der Waals surface area contributed by atoms with E-state index in [9.17, 15) is 0 Å². The summed E-state index contributed by atoms with van der Waals surface area (Å²) in [6.45, 7) is 4.18. The Kier molecular flexibility index (Phi) is 4.53. The van der Waals surface area contributed by atoms with Gasteiger partial charge in [-0.2, -0.15) is 0 Å². The van der Waals surface area contributed by atoms with Gasteiger partial charge in [0.1, 0.15) is 11.0 Å². The van der Waals surface area contributed by atoms with Crippen LogP contribution in [-0.2, 0) is 6.42 Å². The van der Waals surface area contributed by atoms with Crippen LogP contribution < -0.4 is 5.73 Å². The van der Waals surface area contributed by atoms with Gasteiger partial charge in [0, 0.05) is 20.0 Å². The monoisotopic (exact) mass is 389 g/mol. The second-order valence-electron chi connectivity index (χ2n) is 3.91. The van der Waals surface area contributed by atoms with E-state index < -0.39 is 0 Å². The first-order valence-electron chi connectivity index (χ1n) is 5.55. The van der Waals surface area contributed by atoms with Gasteiger partial charge in [0.05, 0.1) is 11.4 Å². The van der Waals surface area contributed by atoms with E-state index >= 15 is 0 Å². The maximum atomic E-state index is 6.24. The van der Waals surface area contributed by atoms with Gasteiger partial charge in [-0.05, 0) is 51.3 Å². The third-order valence-corrected chi connectivity index (χ3v) is 4.81. The molecule has 2 aromatic heterocycles. The summed E-state index contributed by atoms with van der Waals surface area (Å²) < 4.78 is 1.82. The summed E-state index contributed by atoms with van der Waals surface area (Å²) in [6.07, 6.45) is 2.69. The van der Waals surface area contributed by atoms with Crippen molar-refractivity contribution in [2.45, 2.75) is 26.3 Å². The highest BCUT2D eigenvalue weighted by Crippen LogP contribution is 2.30. The van der Waals surface area contributed by atoms with Gasteiger partial charge in [-0.1, -0.05) is 6.92 Å². The highest BCUT2D eigenvalue weighted by atomic mass is 79.9. The van der Waals surface area contributed by atoms with Crippen LogP contribution in [0.4, 0.5) is 0 Å². The number of nitrogens with zero attached hydrogens (tertiary/aromatic N) is 2. The minimum atomic E-state index is -0.281. The van der Waals surface area contributed by atoms with E-state index in [4.69, 9.17) is 5.73 Å². The van der Waals surface area contributed by atoms with E-state index in [-0.39, 0.29) is 6.04 Å². The van der Waals surface area contributed by atoms with E-state index in [2.05, 4.69) is 55.7 Å². The number of aromatic nitrogens is 2. The van der Waals surface area contributed by atoms with Crippen molar-refractivity contribution in [3.8, 4) is 0 Å². The number of hydrogen-bond acceptors (Lipinski definition) is 4. The fourth-order valence-electron chi connectivity index (χ4n) is 1.68. The molecule has 0 amide bonds. The normalized spacial score (nSPS) is 12.7. The standard InChI is InChI=1S/C12H13Br2N3S/c1-3-9-6(2)18-12(17-9)10(15)11-8(14)4-7(13)5-16-11/h4-5,10H,3,15H2,1-2H3. The van der Waals surface area contributed by atoms with E-state index in [1.807, 2.05) is 6.07 Å². The van der Waals surface area contributed by atoms with Gasteiger partial charge in [-0.25, -0.2) is 4.98 Å². The molecule has 0 aromatic carbocycles. The first kappa shape index (κ1) is 14.1. The van der Waals surface area contributed by atoms with Gasteiger partial charge in [-0.3, -0.25) is 4.98 Å². The van der Waals surface area contributed by atoms with Crippen LogP contribution >= 0.6 is 43.2 Å². The fraction of sp³-hybridized carbons (Fsp3) is 0.333. The maximum absolute atomic E-state index is 6.24. The molecule has 0 radical (unpaired) electrons. The zero-order valence-electron chi connectivity index (χ0n) is 10.1. The lowest BCUT2D eigenvalue weighted by Gasteiger charge is -2.10. The van der Waals surface area contributed by atoms with Crippen molar-refractivity contribution in [1.29, 1.82) is 0 Å². The molecule has 1 atom stereocenters. The summed E-state index contributed by atoms with van der Waals surface area (Å²) in [5.41, 5.74) is 8.18. The predicted octanol–water partition coefficient (Wildman–Crippen LogP) is 3.98. The molecular formula is C12H13Br2N3S. The Morgan fingerprint density at radius 3 is 2.72 bits per heavy atom. The Morgan fingerprint density at radius 2 is 2.17 bits per heavy atom. The third-order valence-electron chi connectivity index (χ3n) is 2.64. The maximum Gasteiger partial charge on any atom is 0.116 e. The number of halogens is 2. The molecule has 0 saturated carbocycles. The molecule has 2 heterocycles. The molecule has 0 spiro atoms. The molecule has 2 aromatic rings. The number of aryl methyl sites for hydroxylation is 2.